The molecule has 2 saturated heterocycles. The van der Waals surface area contributed by atoms with Gasteiger partial charge in [0.1, 0.15) is 0 Å². The van der Waals surface area contributed by atoms with Crippen LogP contribution < -0.4 is 15.5 Å². The van der Waals surface area contributed by atoms with E-state index in [1.54, 1.807) is 4.90 Å². The molecule has 10 nitrogen and oxygen atoms in total. The lowest BCUT2D eigenvalue weighted by molar-refractivity contribution is -0.118. The maximum atomic E-state index is 13.1. The van der Waals surface area contributed by atoms with Gasteiger partial charge in [-0.2, -0.15) is 0 Å². The van der Waals surface area contributed by atoms with Crippen molar-refractivity contribution in [3.63, 3.8) is 0 Å². The van der Waals surface area contributed by atoms with Gasteiger partial charge in [-0.1, -0.05) is 30.0 Å². The van der Waals surface area contributed by atoms with Gasteiger partial charge in [0, 0.05) is 38.3 Å². The monoisotopic (exact) mass is 474 g/mol. The van der Waals surface area contributed by atoms with Gasteiger partial charge in [-0.05, 0) is 25.0 Å². The maximum absolute atomic E-state index is 13.1. The number of hydrogen-bond acceptors (Lipinski definition) is 8. The number of rotatable bonds is 10. The van der Waals surface area contributed by atoms with Crippen molar-refractivity contribution >= 4 is 35.2 Å². The van der Waals surface area contributed by atoms with Crippen molar-refractivity contribution in [3.05, 3.63) is 30.3 Å². The van der Waals surface area contributed by atoms with Crippen molar-refractivity contribution in [2.45, 2.75) is 37.1 Å². The van der Waals surface area contributed by atoms with Gasteiger partial charge in [-0.25, -0.2) is 0 Å². The molecule has 33 heavy (non-hydrogen) atoms. The van der Waals surface area contributed by atoms with Gasteiger partial charge in [0.25, 0.3) is 0 Å². The summed E-state index contributed by atoms with van der Waals surface area (Å²) in [5, 5.41) is 9.53. The number of amides is 2. The van der Waals surface area contributed by atoms with Crippen LogP contribution in [0, 0.1) is 0 Å². The number of carbonyl (C=O) groups excluding carboxylic acids is 2. The number of benzene rings is 1. The third kappa shape index (κ3) is 6.24. The summed E-state index contributed by atoms with van der Waals surface area (Å²) < 4.78 is 13.4. The van der Waals surface area contributed by atoms with Gasteiger partial charge < -0.3 is 25.0 Å². The predicted octanol–water partition coefficient (Wildman–Crippen LogP) is 1.29. The van der Waals surface area contributed by atoms with Crippen LogP contribution in [0.1, 0.15) is 19.3 Å². The largest absolute Gasteiger partial charge is 0.378 e. The lowest BCUT2D eigenvalue weighted by Gasteiger charge is -2.28. The zero-order valence-electron chi connectivity index (χ0n) is 18.6. The molecule has 2 aromatic rings. The Morgan fingerprint density at radius 1 is 1.15 bits per heavy atom. The number of thioether (sulfide) groups is 1. The normalized spacial score (nSPS) is 18.4. The average molecular weight is 475 g/mol. The van der Waals surface area contributed by atoms with Crippen molar-refractivity contribution in [1.29, 1.82) is 0 Å². The van der Waals surface area contributed by atoms with Crippen LogP contribution in [0.25, 0.3) is 0 Å². The fraction of sp³-hybridized carbons (Fsp3) is 0.545. The van der Waals surface area contributed by atoms with E-state index in [1.165, 1.54) is 11.8 Å². The van der Waals surface area contributed by atoms with Crippen LogP contribution in [0.15, 0.2) is 35.5 Å². The molecule has 2 aliphatic rings. The van der Waals surface area contributed by atoms with E-state index in [9.17, 15) is 9.59 Å². The van der Waals surface area contributed by atoms with Gasteiger partial charge in [0.15, 0.2) is 5.16 Å². The van der Waals surface area contributed by atoms with Crippen LogP contribution >= 0.6 is 11.8 Å². The van der Waals surface area contributed by atoms with E-state index in [0.717, 1.165) is 44.2 Å². The Morgan fingerprint density at radius 3 is 2.64 bits per heavy atom. The Balaban J connectivity index is 1.49. The Hall–Kier alpha value is -2.63. The first kappa shape index (κ1) is 23.5. The Labute approximate surface area is 197 Å². The van der Waals surface area contributed by atoms with Gasteiger partial charge in [0.05, 0.1) is 31.6 Å². The standard InChI is InChI=1S/C22H30N6O4S/c23-19(29)8-9-27(17-5-2-1-3-6-17)20(30)16-33-22-25-24-21(26-10-13-31-14-11-26)28(22)15-18-7-4-12-32-18/h1-3,5-6,18H,4,7-16H2,(H2,23,29). The van der Waals surface area contributed by atoms with Crippen LogP contribution in [-0.4, -0.2) is 77.9 Å². The third-order valence-electron chi connectivity index (χ3n) is 5.68. The number of para-hydroxylation sites is 1. The summed E-state index contributed by atoms with van der Waals surface area (Å²) in [6, 6.07) is 9.30. The first-order chi connectivity index (χ1) is 16.1. The van der Waals surface area contributed by atoms with E-state index in [0.29, 0.717) is 24.9 Å². The number of primary amides is 1. The minimum atomic E-state index is -0.442. The zero-order valence-corrected chi connectivity index (χ0v) is 19.4. The van der Waals surface area contributed by atoms with Gasteiger partial charge in [-0.15, -0.1) is 10.2 Å². The summed E-state index contributed by atoms with van der Waals surface area (Å²) in [4.78, 5) is 28.2. The summed E-state index contributed by atoms with van der Waals surface area (Å²) in [5.74, 6) is 0.396. The van der Waals surface area contributed by atoms with E-state index < -0.39 is 5.91 Å². The van der Waals surface area contributed by atoms with Crippen LogP contribution in [0.2, 0.25) is 0 Å². The highest BCUT2D eigenvalue weighted by Crippen LogP contribution is 2.26. The molecule has 2 N–H and O–H groups in total. The molecule has 0 saturated carbocycles. The highest BCUT2D eigenvalue weighted by Gasteiger charge is 2.26. The molecule has 2 aliphatic heterocycles. The van der Waals surface area contributed by atoms with Crippen LogP contribution in [0.4, 0.5) is 11.6 Å². The smallest absolute Gasteiger partial charge is 0.237 e. The second-order valence-corrected chi connectivity index (χ2v) is 8.96. The fourth-order valence-corrected chi connectivity index (χ4v) is 4.79. The van der Waals surface area contributed by atoms with Gasteiger partial charge in [-0.3, -0.25) is 14.2 Å². The lowest BCUT2D eigenvalue weighted by Crippen LogP contribution is -2.38. The predicted molar refractivity (Wildman–Crippen MR) is 125 cm³/mol. The molecule has 1 atom stereocenters. The third-order valence-corrected chi connectivity index (χ3v) is 6.63. The van der Waals surface area contributed by atoms with Gasteiger partial charge in [0.2, 0.25) is 17.8 Å². The Kier molecular flexibility index (Phi) is 8.19. The molecule has 0 aliphatic carbocycles. The molecule has 0 spiro atoms. The van der Waals surface area contributed by atoms with E-state index >= 15 is 0 Å². The van der Waals surface area contributed by atoms with E-state index in [4.69, 9.17) is 15.2 Å². The highest BCUT2D eigenvalue weighted by molar-refractivity contribution is 7.99. The van der Waals surface area contributed by atoms with E-state index in [2.05, 4.69) is 19.7 Å². The summed E-state index contributed by atoms with van der Waals surface area (Å²) in [7, 11) is 0. The van der Waals surface area contributed by atoms with Crippen molar-refractivity contribution in [2.24, 2.45) is 5.73 Å². The van der Waals surface area contributed by atoms with Crippen molar-refractivity contribution in [2.75, 3.05) is 55.0 Å². The molecule has 3 heterocycles. The lowest BCUT2D eigenvalue weighted by atomic mass is 10.2. The molecule has 1 unspecified atom stereocenters. The van der Waals surface area contributed by atoms with Gasteiger partial charge >= 0.3 is 0 Å². The number of nitrogens with two attached hydrogens (primary N) is 1. The zero-order chi connectivity index (χ0) is 23.0. The minimum Gasteiger partial charge on any atom is -0.378 e. The molecule has 4 rings (SSSR count). The SMILES string of the molecule is NC(=O)CCN(C(=O)CSc1nnc(N2CCOCC2)n1CC1CCCO1)c1ccccc1. The summed E-state index contributed by atoms with van der Waals surface area (Å²) in [6.45, 7) is 4.47. The summed E-state index contributed by atoms with van der Waals surface area (Å²) >= 11 is 1.35. The fourth-order valence-electron chi connectivity index (χ4n) is 3.97. The first-order valence-corrected chi connectivity index (χ1v) is 12.2. The van der Waals surface area contributed by atoms with Crippen molar-refractivity contribution < 1.29 is 19.1 Å². The number of aromatic nitrogens is 3. The number of nitrogens with zero attached hydrogens (tertiary/aromatic N) is 5. The number of anilines is 2. The van der Waals surface area contributed by atoms with Crippen molar-refractivity contribution in [1.82, 2.24) is 14.8 Å². The van der Waals surface area contributed by atoms with Crippen LogP contribution in [0.5, 0.6) is 0 Å². The molecule has 178 valence electrons. The van der Waals surface area contributed by atoms with E-state index in [-0.39, 0.29) is 30.7 Å². The molecule has 1 aromatic carbocycles. The number of ether oxygens (including phenoxy) is 2. The molecule has 2 amide bonds. The highest BCUT2D eigenvalue weighted by atomic mass is 32.2. The quantitative estimate of drug-likeness (QED) is 0.512. The van der Waals surface area contributed by atoms with Crippen LogP contribution in [0.3, 0.4) is 0 Å². The molecule has 11 heteroatoms. The molecule has 1 aromatic heterocycles. The summed E-state index contributed by atoms with van der Waals surface area (Å²) in [5.41, 5.74) is 6.06. The molecule has 0 bridgehead atoms. The average Bonchev–Trinajstić information content (AvgIpc) is 3.49. The Morgan fingerprint density at radius 2 is 1.94 bits per heavy atom. The number of hydrogen-bond donors (Lipinski definition) is 1. The number of morpholine rings is 1. The Bertz CT molecular complexity index is 928. The molecule has 2 fully saturated rings. The molecular weight excluding hydrogens is 444 g/mol. The minimum absolute atomic E-state index is 0.0989. The summed E-state index contributed by atoms with van der Waals surface area (Å²) in [6.07, 6.45) is 2.26. The number of carbonyl (C=O) groups is 2. The van der Waals surface area contributed by atoms with E-state index in [1.807, 2.05) is 30.3 Å². The second kappa shape index (κ2) is 11.5. The van der Waals surface area contributed by atoms with Crippen LogP contribution in [-0.2, 0) is 25.6 Å². The van der Waals surface area contributed by atoms with Crippen molar-refractivity contribution in [3.8, 4) is 0 Å². The molecule has 0 radical (unpaired) electrons. The maximum Gasteiger partial charge on any atom is 0.237 e. The second-order valence-electron chi connectivity index (χ2n) is 8.01. The molecular formula is C22H30N6O4S. The first-order valence-electron chi connectivity index (χ1n) is 11.3. The topological polar surface area (TPSA) is 116 Å².